The minimum Gasteiger partial charge on any atom is -0.483 e. The fraction of sp³-hybridized carbons (Fsp3) is 0.364. The van der Waals surface area contributed by atoms with Gasteiger partial charge in [0.1, 0.15) is 16.8 Å². The monoisotopic (exact) mass is 461 g/mol. The van der Waals surface area contributed by atoms with Crippen LogP contribution < -0.4 is 10.2 Å². The van der Waals surface area contributed by atoms with Gasteiger partial charge in [0.05, 0.1) is 5.25 Å². The smallest absolute Gasteiger partial charge is 0.276 e. The second kappa shape index (κ2) is 9.70. The molecule has 0 bridgehead atoms. The molecule has 31 heavy (non-hydrogen) atoms. The lowest BCUT2D eigenvalue weighted by Gasteiger charge is -2.25. The van der Waals surface area contributed by atoms with Gasteiger partial charge in [-0.15, -0.1) is 16.7 Å². The van der Waals surface area contributed by atoms with Crippen LogP contribution in [0.5, 0.6) is 5.75 Å². The summed E-state index contributed by atoms with van der Waals surface area (Å²) in [5.41, 5.74) is 5.29. The lowest BCUT2D eigenvalue weighted by atomic mass is 9.99. The SMILES string of the molecule is Cc1cc(OCC(=O)NN2C(=O)C(C)SC2c2cccc(Cl)c2)c(C(C)C)cc1N=O. The molecule has 0 spiro atoms. The fourth-order valence-electron chi connectivity index (χ4n) is 3.30. The van der Waals surface area contributed by atoms with E-state index < -0.39 is 5.91 Å². The number of halogens is 1. The highest BCUT2D eigenvalue weighted by atomic mass is 35.5. The Hall–Kier alpha value is -2.58. The molecule has 2 aromatic carbocycles. The van der Waals surface area contributed by atoms with E-state index in [1.54, 1.807) is 38.1 Å². The zero-order valence-corrected chi connectivity index (χ0v) is 19.3. The van der Waals surface area contributed by atoms with Crippen LogP contribution in [-0.4, -0.2) is 28.7 Å². The number of rotatable bonds is 7. The van der Waals surface area contributed by atoms with Gasteiger partial charge in [0, 0.05) is 5.02 Å². The van der Waals surface area contributed by atoms with Crippen LogP contribution in [0.3, 0.4) is 0 Å². The van der Waals surface area contributed by atoms with E-state index in [-0.39, 0.29) is 29.1 Å². The van der Waals surface area contributed by atoms with Gasteiger partial charge in [-0.05, 0) is 65.9 Å². The van der Waals surface area contributed by atoms with E-state index in [1.807, 2.05) is 26.0 Å². The summed E-state index contributed by atoms with van der Waals surface area (Å²) in [6.45, 7) is 7.20. The summed E-state index contributed by atoms with van der Waals surface area (Å²) >= 11 is 7.53. The third-order valence-corrected chi connectivity index (χ3v) is 6.52. The summed E-state index contributed by atoms with van der Waals surface area (Å²) in [5.74, 6) is -0.0656. The molecule has 0 aromatic heterocycles. The predicted octanol–water partition coefficient (Wildman–Crippen LogP) is 5.24. The molecular weight excluding hydrogens is 438 g/mol. The summed E-state index contributed by atoms with van der Waals surface area (Å²) in [4.78, 5) is 36.2. The van der Waals surface area contributed by atoms with E-state index in [0.717, 1.165) is 11.1 Å². The molecule has 1 heterocycles. The highest BCUT2D eigenvalue weighted by Crippen LogP contribution is 2.42. The Morgan fingerprint density at radius 3 is 2.71 bits per heavy atom. The average molecular weight is 462 g/mol. The highest BCUT2D eigenvalue weighted by molar-refractivity contribution is 8.01. The number of carbonyl (C=O) groups is 2. The Morgan fingerprint density at radius 1 is 1.32 bits per heavy atom. The van der Waals surface area contributed by atoms with Crippen molar-refractivity contribution in [1.29, 1.82) is 0 Å². The zero-order valence-electron chi connectivity index (χ0n) is 17.7. The molecule has 9 heteroatoms. The van der Waals surface area contributed by atoms with Crippen molar-refractivity contribution < 1.29 is 14.3 Å². The second-order valence-electron chi connectivity index (χ2n) is 7.64. The first-order valence-corrected chi connectivity index (χ1v) is 11.2. The minimum atomic E-state index is -0.458. The van der Waals surface area contributed by atoms with E-state index in [1.165, 1.54) is 16.8 Å². The van der Waals surface area contributed by atoms with Gasteiger partial charge in [0.2, 0.25) is 0 Å². The number of hydrazine groups is 1. The van der Waals surface area contributed by atoms with Crippen LogP contribution in [0.2, 0.25) is 5.02 Å². The van der Waals surface area contributed by atoms with Gasteiger partial charge in [-0.2, -0.15) is 0 Å². The molecular formula is C22H24ClN3O4S. The maximum absolute atomic E-state index is 12.6. The Morgan fingerprint density at radius 2 is 2.06 bits per heavy atom. The van der Waals surface area contributed by atoms with Crippen molar-refractivity contribution in [3.8, 4) is 5.75 Å². The second-order valence-corrected chi connectivity index (χ2v) is 9.50. The quantitative estimate of drug-likeness (QED) is 0.569. The van der Waals surface area contributed by atoms with E-state index in [9.17, 15) is 14.5 Å². The molecule has 1 fully saturated rings. The molecule has 2 amide bonds. The van der Waals surface area contributed by atoms with Crippen molar-refractivity contribution in [2.24, 2.45) is 5.18 Å². The van der Waals surface area contributed by atoms with E-state index >= 15 is 0 Å². The molecule has 0 aliphatic carbocycles. The normalized spacial score (nSPS) is 18.4. The van der Waals surface area contributed by atoms with Crippen LogP contribution in [0, 0.1) is 11.8 Å². The first kappa shape index (κ1) is 23.1. The van der Waals surface area contributed by atoms with Crippen LogP contribution in [0.1, 0.15) is 48.8 Å². The first-order valence-electron chi connectivity index (χ1n) is 9.85. The Balaban J connectivity index is 1.73. The molecule has 0 saturated carbocycles. The Labute approximate surface area is 190 Å². The van der Waals surface area contributed by atoms with Crippen molar-refractivity contribution in [3.63, 3.8) is 0 Å². The third-order valence-electron chi connectivity index (χ3n) is 4.94. The molecule has 1 saturated heterocycles. The number of benzene rings is 2. The van der Waals surface area contributed by atoms with Gasteiger partial charge >= 0.3 is 0 Å². The van der Waals surface area contributed by atoms with Crippen LogP contribution in [0.4, 0.5) is 5.69 Å². The van der Waals surface area contributed by atoms with Crippen molar-refractivity contribution >= 4 is 40.9 Å². The van der Waals surface area contributed by atoms with Crippen molar-refractivity contribution in [2.75, 3.05) is 6.61 Å². The number of nitrogens with zero attached hydrogens (tertiary/aromatic N) is 2. The summed E-state index contributed by atoms with van der Waals surface area (Å²) in [6, 6.07) is 10.6. The number of thioether (sulfide) groups is 1. The highest BCUT2D eigenvalue weighted by Gasteiger charge is 2.39. The average Bonchev–Trinajstić information content (AvgIpc) is 3.00. The van der Waals surface area contributed by atoms with Gasteiger partial charge in [0.25, 0.3) is 11.8 Å². The number of nitrogens with one attached hydrogen (secondary N) is 1. The minimum absolute atomic E-state index is 0.0729. The topological polar surface area (TPSA) is 88.1 Å². The number of hydrogen-bond acceptors (Lipinski definition) is 6. The molecule has 2 unspecified atom stereocenters. The number of amides is 2. The standard InChI is InChI=1S/C22H24ClN3O4S/c1-12(2)17-10-18(25-29)13(3)8-19(17)30-11-20(27)24-26-21(28)14(4)31-22(26)15-6-5-7-16(23)9-15/h5-10,12,14,22H,11H2,1-4H3,(H,24,27). The van der Waals surface area contributed by atoms with Gasteiger partial charge in [0.15, 0.2) is 6.61 Å². The largest absolute Gasteiger partial charge is 0.483 e. The summed E-state index contributed by atoms with van der Waals surface area (Å²) in [7, 11) is 0. The lowest BCUT2D eigenvalue weighted by Crippen LogP contribution is -2.47. The Bertz CT molecular complexity index is 1010. The summed E-state index contributed by atoms with van der Waals surface area (Å²) < 4.78 is 5.75. The Kier molecular flexibility index (Phi) is 7.23. The molecule has 1 aliphatic heterocycles. The van der Waals surface area contributed by atoms with Crippen molar-refractivity contribution in [1.82, 2.24) is 10.4 Å². The van der Waals surface area contributed by atoms with Gasteiger partial charge in [-0.25, -0.2) is 5.01 Å². The number of nitroso groups, excluding NO2 is 1. The zero-order chi connectivity index (χ0) is 22.7. The number of carbonyl (C=O) groups excluding carboxylic acids is 2. The van der Waals surface area contributed by atoms with Crippen molar-refractivity contribution in [3.05, 3.63) is 63.0 Å². The van der Waals surface area contributed by atoms with Crippen molar-refractivity contribution in [2.45, 2.75) is 44.2 Å². The fourth-order valence-corrected chi connectivity index (χ4v) is 4.69. The van der Waals surface area contributed by atoms with Crippen LogP contribution in [0.15, 0.2) is 41.6 Å². The van der Waals surface area contributed by atoms with E-state index in [4.69, 9.17) is 16.3 Å². The molecule has 1 aliphatic rings. The van der Waals surface area contributed by atoms with Crippen LogP contribution in [0.25, 0.3) is 0 Å². The summed E-state index contributed by atoms with van der Waals surface area (Å²) in [6.07, 6.45) is 0. The molecule has 164 valence electrons. The maximum Gasteiger partial charge on any atom is 0.276 e. The molecule has 1 N–H and O–H groups in total. The first-order chi connectivity index (χ1) is 14.7. The molecule has 2 aromatic rings. The number of ether oxygens (including phenoxy) is 1. The van der Waals surface area contributed by atoms with E-state index in [2.05, 4.69) is 10.6 Å². The number of hydrogen-bond donors (Lipinski definition) is 1. The summed E-state index contributed by atoms with van der Waals surface area (Å²) in [5, 5.41) is 4.25. The third kappa shape index (κ3) is 5.19. The van der Waals surface area contributed by atoms with E-state index in [0.29, 0.717) is 22.0 Å². The number of aryl methyl sites for hydroxylation is 1. The van der Waals surface area contributed by atoms with Gasteiger partial charge < -0.3 is 4.74 Å². The lowest BCUT2D eigenvalue weighted by molar-refractivity contribution is -0.141. The van der Waals surface area contributed by atoms with Gasteiger partial charge in [-0.1, -0.05) is 37.6 Å². The molecule has 3 rings (SSSR count). The van der Waals surface area contributed by atoms with Gasteiger partial charge in [-0.3, -0.25) is 15.0 Å². The maximum atomic E-state index is 12.6. The molecule has 2 atom stereocenters. The predicted molar refractivity (Wildman–Crippen MR) is 122 cm³/mol. The molecule has 0 radical (unpaired) electrons. The van der Waals surface area contributed by atoms with Crippen LogP contribution in [-0.2, 0) is 9.59 Å². The molecule has 7 nitrogen and oxygen atoms in total. The van der Waals surface area contributed by atoms with Crippen LogP contribution >= 0.6 is 23.4 Å².